The van der Waals surface area contributed by atoms with E-state index in [-0.39, 0.29) is 5.56 Å². The zero-order valence-electron chi connectivity index (χ0n) is 17.9. The Balaban J connectivity index is 2.08. The van der Waals surface area contributed by atoms with Gasteiger partial charge in [0.15, 0.2) is 5.13 Å². The zero-order valence-corrected chi connectivity index (χ0v) is 18.8. The lowest BCUT2D eigenvalue weighted by Crippen LogP contribution is -2.39. The van der Waals surface area contributed by atoms with Gasteiger partial charge in [-0.1, -0.05) is 25.2 Å². The molecule has 3 rings (SSSR count). The Labute approximate surface area is 184 Å². The second-order valence-corrected chi connectivity index (χ2v) is 7.73. The maximum Gasteiger partial charge on any atom is 0.263 e. The fourth-order valence-electron chi connectivity index (χ4n) is 3.26. The Morgan fingerprint density at radius 2 is 1.71 bits per heavy atom. The number of ether oxygens (including phenoxy) is 2. The molecule has 9 heteroatoms. The quantitative estimate of drug-likeness (QED) is 0.479. The minimum absolute atomic E-state index is 0.209. The van der Waals surface area contributed by atoms with Crippen molar-refractivity contribution in [2.75, 3.05) is 45.3 Å². The van der Waals surface area contributed by atoms with Gasteiger partial charge in [0, 0.05) is 19.2 Å². The largest absolute Gasteiger partial charge is 0.495 e. The summed E-state index contributed by atoms with van der Waals surface area (Å²) in [6.07, 6.45) is 0. The van der Waals surface area contributed by atoms with Crippen molar-refractivity contribution in [1.82, 2.24) is 9.88 Å². The number of hydrogen-bond acceptors (Lipinski definition) is 6. The van der Waals surface area contributed by atoms with E-state index in [9.17, 15) is 13.6 Å². The molecule has 0 aliphatic heterocycles. The molecule has 3 aromatic rings. The van der Waals surface area contributed by atoms with Gasteiger partial charge in [0.1, 0.15) is 33.4 Å². The van der Waals surface area contributed by atoms with Gasteiger partial charge in [-0.15, -0.1) is 0 Å². The number of thiazole rings is 1. The predicted octanol–water partition coefficient (Wildman–Crippen LogP) is 4.58. The monoisotopic (exact) mass is 449 g/mol. The number of aromatic nitrogens is 1. The molecule has 0 radical (unpaired) electrons. The molecule has 0 aliphatic carbocycles. The number of anilines is 1. The number of hydrogen-bond donors (Lipinski definition) is 0. The molecule has 0 bridgehead atoms. The maximum atomic E-state index is 14.4. The molecule has 1 amide bonds. The minimum Gasteiger partial charge on any atom is -0.495 e. The van der Waals surface area contributed by atoms with Crippen molar-refractivity contribution >= 4 is 32.6 Å². The molecule has 0 aliphatic rings. The predicted molar refractivity (Wildman–Crippen MR) is 119 cm³/mol. The lowest BCUT2D eigenvalue weighted by atomic mass is 10.2. The number of amides is 1. The molecule has 166 valence electrons. The molecule has 0 saturated heterocycles. The first-order chi connectivity index (χ1) is 14.9. The van der Waals surface area contributed by atoms with Gasteiger partial charge in [0.05, 0.1) is 19.8 Å². The van der Waals surface area contributed by atoms with Crippen LogP contribution in [-0.4, -0.2) is 56.2 Å². The standard InChI is InChI=1S/C22H25F2N3O3S/c1-5-26(6-2)11-12-27(21(28)15-8-7-14(23)13-16(15)24)22-25-19-17(29-3)9-10-18(30-4)20(19)31-22/h7-10,13H,5-6,11-12H2,1-4H3. The van der Waals surface area contributed by atoms with Gasteiger partial charge in [-0.25, -0.2) is 13.8 Å². The van der Waals surface area contributed by atoms with E-state index in [0.717, 1.165) is 29.9 Å². The number of carbonyl (C=O) groups excluding carboxylic acids is 1. The number of benzene rings is 2. The average molecular weight is 450 g/mol. The summed E-state index contributed by atoms with van der Waals surface area (Å²) in [6, 6.07) is 6.45. The van der Waals surface area contributed by atoms with Crippen molar-refractivity contribution in [3.8, 4) is 11.5 Å². The Morgan fingerprint density at radius 3 is 2.32 bits per heavy atom. The topological polar surface area (TPSA) is 54.9 Å². The summed E-state index contributed by atoms with van der Waals surface area (Å²) in [7, 11) is 3.09. The number of fused-ring (bicyclic) bond motifs is 1. The number of likely N-dealkylation sites (N-methyl/N-ethyl adjacent to an activating group) is 1. The van der Waals surface area contributed by atoms with E-state index in [1.807, 2.05) is 13.8 Å². The number of methoxy groups -OCH3 is 2. The summed E-state index contributed by atoms with van der Waals surface area (Å²) < 4.78 is 39.3. The molecule has 31 heavy (non-hydrogen) atoms. The Morgan fingerprint density at radius 1 is 1.03 bits per heavy atom. The molecule has 0 spiro atoms. The van der Waals surface area contributed by atoms with Gasteiger partial charge < -0.3 is 14.4 Å². The first kappa shape index (κ1) is 22.9. The van der Waals surface area contributed by atoms with Crippen LogP contribution in [0, 0.1) is 11.6 Å². The van der Waals surface area contributed by atoms with Crippen molar-refractivity contribution in [1.29, 1.82) is 0 Å². The molecular formula is C22H25F2N3O3S. The highest BCUT2D eigenvalue weighted by Gasteiger charge is 2.26. The first-order valence-electron chi connectivity index (χ1n) is 9.94. The summed E-state index contributed by atoms with van der Waals surface area (Å²) in [5.41, 5.74) is 0.348. The summed E-state index contributed by atoms with van der Waals surface area (Å²) in [5, 5.41) is 0.388. The molecule has 2 aromatic carbocycles. The van der Waals surface area contributed by atoms with Crippen LogP contribution >= 0.6 is 11.3 Å². The summed E-state index contributed by atoms with van der Waals surface area (Å²) in [6.45, 7) is 6.55. The Hall–Kier alpha value is -2.78. The average Bonchev–Trinajstić information content (AvgIpc) is 3.20. The molecule has 0 fully saturated rings. The van der Waals surface area contributed by atoms with Gasteiger partial charge in [-0.2, -0.15) is 0 Å². The van der Waals surface area contributed by atoms with Crippen molar-refractivity contribution in [3.05, 3.63) is 47.5 Å². The second-order valence-electron chi connectivity index (χ2n) is 6.75. The van der Waals surface area contributed by atoms with E-state index in [4.69, 9.17) is 9.47 Å². The molecular weight excluding hydrogens is 424 g/mol. The third-order valence-electron chi connectivity index (χ3n) is 5.07. The van der Waals surface area contributed by atoms with Crippen LogP contribution in [0.25, 0.3) is 10.2 Å². The van der Waals surface area contributed by atoms with Crippen LogP contribution < -0.4 is 14.4 Å². The molecule has 6 nitrogen and oxygen atoms in total. The highest BCUT2D eigenvalue weighted by Crippen LogP contribution is 2.40. The molecule has 0 saturated carbocycles. The van der Waals surface area contributed by atoms with E-state index >= 15 is 0 Å². The van der Waals surface area contributed by atoms with Crippen molar-refractivity contribution < 1.29 is 23.0 Å². The van der Waals surface area contributed by atoms with Gasteiger partial charge >= 0.3 is 0 Å². The van der Waals surface area contributed by atoms with E-state index in [1.165, 1.54) is 23.3 Å². The summed E-state index contributed by atoms with van der Waals surface area (Å²) >= 11 is 1.26. The summed E-state index contributed by atoms with van der Waals surface area (Å²) in [4.78, 5) is 21.5. The van der Waals surface area contributed by atoms with Crippen LogP contribution in [0.3, 0.4) is 0 Å². The van der Waals surface area contributed by atoms with Crippen LogP contribution in [-0.2, 0) is 0 Å². The fraction of sp³-hybridized carbons (Fsp3) is 0.364. The van der Waals surface area contributed by atoms with Gasteiger partial charge in [0.2, 0.25) is 0 Å². The van der Waals surface area contributed by atoms with E-state index in [2.05, 4.69) is 9.88 Å². The third-order valence-corrected chi connectivity index (χ3v) is 6.16. The molecule has 0 N–H and O–H groups in total. The zero-order chi connectivity index (χ0) is 22.5. The molecule has 0 unspecified atom stereocenters. The van der Waals surface area contributed by atoms with Crippen LogP contribution in [0.1, 0.15) is 24.2 Å². The number of carbonyl (C=O) groups is 1. The molecule has 1 heterocycles. The van der Waals surface area contributed by atoms with Crippen LogP contribution in [0.2, 0.25) is 0 Å². The van der Waals surface area contributed by atoms with E-state index < -0.39 is 17.5 Å². The highest BCUT2D eigenvalue weighted by molar-refractivity contribution is 7.22. The SMILES string of the molecule is CCN(CC)CCN(C(=O)c1ccc(F)cc1F)c1nc2c(OC)ccc(OC)c2s1. The normalized spacial score (nSPS) is 11.2. The van der Waals surface area contributed by atoms with Crippen LogP contribution in [0.4, 0.5) is 13.9 Å². The second kappa shape index (κ2) is 10.0. The van der Waals surface area contributed by atoms with Gasteiger partial charge in [-0.05, 0) is 37.4 Å². The third kappa shape index (κ3) is 4.77. The molecule has 0 atom stereocenters. The van der Waals surface area contributed by atoms with E-state index in [0.29, 0.717) is 41.3 Å². The number of halogens is 2. The van der Waals surface area contributed by atoms with Gasteiger partial charge in [-0.3, -0.25) is 9.69 Å². The van der Waals surface area contributed by atoms with E-state index in [1.54, 1.807) is 19.2 Å². The summed E-state index contributed by atoms with van der Waals surface area (Å²) in [5.74, 6) is -1.08. The molecule has 1 aromatic heterocycles. The van der Waals surface area contributed by atoms with Crippen molar-refractivity contribution in [2.24, 2.45) is 0 Å². The Bertz CT molecular complexity index is 1030. The van der Waals surface area contributed by atoms with Crippen molar-refractivity contribution in [3.63, 3.8) is 0 Å². The van der Waals surface area contributed by atoms with Gasteiger partial charge in [0.25, 0.3) is 5.91 Å². The highest BCUT2D eigenvalue weighted by atomic mass is 32.1. The van der Waals surface area contributed by atoms with Crippen LogP contribution in [0.5, 0.6) is 11.5 Å². The smallest absolute Gasteiger partial charge is 0.263 e. The number of rotatable bonds is 9. The van der Waals surface area contributed by atoms with Crippen molar-refractivity contribution in [2.45, 2.75) is 13.8 Å². The fourth-order valence-corrected chi connectivity index (χ4v) is 4.36. The lowest BCUT2D eigenvalue weighted by molar-refractivity contribution is 0.0980. The maximum absolute atomic E-state index is 14.4. The first-order valence-corrected chi connectivity index (χ1v) is 10.8. The minimum atomic E-state index is -0.908. The van der Waals surface area contributed by atoms with Crippen LogP contribution in [0.15, 0.2) is 30.3 Å². The Kier molecular flexibility index (Phi) is 7.40. The lowest BCUT2D eigenvalue weighted by Gasteiger charge is -2.24. The number of nitrogens with zero attached hydrogens (tertiary/aromatic N) is 3.